The van der Waals surface area contributed by atoms with Crippen LogP contribution in [-0.2, 0) is 6.18 Å². The molecule has 0 N–H and O–H groups in total. The first-order valence-electron chi connectivity index (χ1n) is 29.9. The molecule has 2 aliphatic rings. The molecule has 0 bridgehead atoms. The zero-order valence-corrected chi connectivity index (χ0v) is 48.2. The van der Waals surface area contributed by atoms with E-state index in [0.29, 0.717) is 5.69 Å². The molecule has 422 valence electrons. The first-order chi connectivity index (χ1) is 44.2. The van der Waals surface area contributed by atoms with Gasteiger partial charge in [-0.05, 0) is 181 Å². The average molecular weight is 1160 g/mol. The summed E-state index contributed by atoms with van der Waals surface area (Å²) < 4.78 is 46.3. The lowest BCUT2D eigenvalue weighted by atomic mass is 9.33. The third-order valence-electron chi connectivity index (χ3n) is 17.8. The number of halogens is 3. The van der Waals surface area contributed by atoms with Crippen LogP contribution in [0.25, 0.3) is 94.3 Å². The fraction of sp³-hybridized carbons (Fsp3) is 0.0123. The van der Waals surface area contributed by atoms with E-state index in [1.165, 1.54) is 29.1 Å². The summed E-state index contributed by atoms with van der Waals surface area (Å²) in [6.07, 6.45) is -4.67. The molecule has 0 fully saturated rings. The largest absolute Gasteiger partial charge is 0.416 e. The standard InChI is InChI=1S/C81H49BF3N5/c83-81(84,85)64-35-38-75(70(49-64)67-36-33-52(50-86)39-63(67)51-87)90-73-30-16-13-27-68(73)69-46-57(34-37-74(69)90)62-47-78-80-79(48-62)89(66-44-60(55-23-9-3-10-24-55)41-61(45-66)56-25-11-4-12-26-56)77-32-18-15-29-72(77)82(80)71-28-14-17-31-76(71)88(78)65-42-58(53-19-5-1-6-20-53)40-59(43-65)54-21-7-2-8-22-54/h1-49H. The number of rotatable bonds is 9. The van der Waals surface area contributed by atoms with E-state index < -0.39 is 11.7 Å². The first kappa shape index (κ1) is 53.6. The Labute approximate surface area is 519 Å². The number of benzene rings is 13. The van der Waals surface area contributed by atoms with Crippen LogP contribution in [0.1, 0.15) is 16.7 Å². The third kappa shape index (κ3) is 9.02. The number of aromatic nitrogens is 1. The van der Waals surface area contributed by atoms with E-state index in [2.05, 4.69) is 265 Å². The number of hydrogen-bond acceptors (Lipinski definition) is 4. The smallest absolute Gasteiger partial charge is 0.311 e. The molecule has 14 aromatic rings. The van der Waals surface area contributed by atoms with Crippen LogP contribution in [0.4, 0.5) is 47.3 Å². The van der Waals surface area contributed by atoms with Gasteiger partial charge in [-0.3, -0.25) is 0 Å². The van der Waals surface area contributed by atoms with Gasteiger partial charge in [0.25, 0.3) is 6.71 Å². The first-order valence-corrected chi connectivity index (χ1v) is 29.9. The second-order valence-corrected chi connectivity index (χ2v) is 22.9. The van der Waals surface area contributed by atoms with Gasteiger partial charge in [0.05, 0.1) is 45.5 Å². The van der Waals surface area contributed by atoms with E-state index >= 15 is 0 Å². The van der Waals surface area contributed by atoms with Crippen molar-refractivity contribution < 1.29 is 13.2 Å². The Hall–Kier alpha value is -11.9. The minimum atomic E-state index is -4.67. The van der Waals surface area contributed by atoms with Gasteiger partial charge < -0.3 is 14.4 Å². The molecule has 13 aromatic carbocycles. The van der Waals surface area contributed by atoms with E-state index in [4.69, 9.17) is 0 Å². The van der Waals surface area contributed by atoms with E-state index in [1.807, 2.05) is 22.8 Å². The van der Waals surface area contributed by atoms with Crippen molar-refractivity contribution in [3.63, 3.8) is 0 Å². The zero-order chi connectivity index (χ0) is 60.6. The summed E-state index contributed by atoms with van der Waals surface area (Å²) in [5.74, 6) is 0. The molecule has 0 atom stereocenters. The number of anilines is 6. The third-order valence-corrected chi connectivity index (χ3v) is 17.8. The van der Waals surface area contributed by atoms with E-state index in [9.17, 15) is 23.7 Å². The highest BCUT2D eigenvalue weighted by Gasteiger charge is 2.44. The number of nitriles is 2. The maximum Gasteiger partial charge on any atom is 0.416 e. The maximum atomic E-state index is 14.8. The van der Waals surface area contributed by atoms with Crippen LogP contribution in [0.15, 0.2) is 297 Å². The highest BCUT2D eigenvalue weighted by molar-refractivity contribution is 7.00. The van der Waals surface area contributed by atoms with E-state index in [-0.39, 0.29) is 29.0 Å². The van der Waals surface area contributed by atoms with E-state index in [0.717, 1.165) is 129 Å². The quantitative estimate of drug-likeness (QED) is 0.135. The van der Waals surface area contributed by atoms with Gasteiger partial charge in [-0.1, -0.05) is 188 Å². The Balaban J connectivity index is 0.985. The molecule has 0 saturated carbocycles. The van der Waals surface area contributed by atoms with Crippen molar-refractivity contribution in [2.24, 2.45) is 0 Å². The molecule has 5 nitrogen and oxygen atoms in total. The number of hydrogen-bond donors (Lipinski definition) is 0. The van der Waals surface area contributed by atoms with Crippen LogP contribution in [0.3, 0.4) is 0 Å². The summed E-state index contributed by atoms with van der Waals surface area (Å²) in [5.41, 5.74) is 22.2. The summed E-state index contributed by atoms with van der Waals surface area (Å²) in [5, 5.41) is 22.0. The monoisotopic (exact) mass is 1160 g/mol. The Morgan fingerprint density at radius 3 is 1.29 bits per heavy atom. The summed E-state index contributed by atoms with van der Waals surface area (Å²) in [6, 6.07) is 105. The topological polar surface area (TPSA) is 59.0 Å². The van der Waals surface area contributed by atoms with Crippen molar-refractivity contribution in [1.82, 2.24) is 4.57 Å². The highest BCUT2D eigenvalue weighted by Crippen LogP contribution is 2.50. The van der Waals surface area contributed by atoms with Gasteiger partial charge in [0, 0.05) is 56.0 Å². The van der Waals surface area contributed by atoms with Crippen molar-refractivity contribution in [2.45, 2.75) is 6.18 Å². The van der Waals surface area contributed by atoms with Crippen molar-refractivity contribution in [3.8, 4) is 84.6 Å². The minimum Gasteiger partial charge on any atom is -0.311 e. The van der Waals surface area contributed by atoms with Crippen molar-refractivity contribution >= 4 is 79.0 Å². The molecule has 1 aromatic heterocycles. The Kier molecular flexibility index (Phi) is 12.8. The zero-order valence-electron chi connectivity index (χ0n) is 48.2. The molecule has 0 unspecified atom stereocenters. The van der Waals surface area contributed by atoms with E-state index in [1.54, 1.807) is 6.07 Å². The molecule has 16 rings (SSSR count). The lowest BCUT2D eigenvalue weighted by Gasteiger charge is -2.44. The molecule has 0 saturated heterocycles. The summed E-state index contributed by atoms with van der Waals surface area (Å²) >= 11 is 0. The normalized spacial score (nSPS) is 12.3. The van der Waals surface area contributed by atoms with Crippen molar-refractivity contribution in [1.29, 1.82) is 10.5 Å². The lowest BCUT2D eigenvalue weighted by Crippen LogP contribution is -2.61. The summed E-state index contributed by atoms with van der Waals surface area (Å²) in [7, 11) is 0. The Morgan fingerprint density at radius 1 is 0.322 bits per heavy atom. The second-order valence-electron chi connectivity index (χ2n) is 22.9. The summed E-state index contributed by atoms with van der Waals surface area (Å²) in [6.45, 7) is -0.170. The average Bonchev–Trinajstić information content (AvgIpc) is 0.751. The van der Waals surface area contributed by atoms with Crippen LogP contribution in [-0.4, -0.2) is 11.3 Å². The molecule has 9 heteroatoms. The van der Waals surface area contributed by atoms with Crippen molar-refractivity contribution in [3.05, 3.63) is 314 Å². The Morgan fingerprint density at radius 2 is 0.789 bits per heavy atom. The Bertz CT molecular complexity index is 4970. The number of nitrogens with zero attached hydrogens (tertiary/aromatic N) is 5. The molecule has 90 heavy (non-hydrogen) atoms. The molecule has 0 radical (unpaired) electrons. The number of fused-ring (bicyclic) bond motifs is 7. The van der Waals surface area contributed by atoms with Gasteiger partial charge in [-0.25, -0.2) is 0 Å². The molecule has 0 aliphatic carbocycles. The molecule has 0 spiro atoms. The predicted octanol–water partition coefficient (Wildman–Crippen LogP) is 19.6. The van der Waals surface area contributed by atoms with Gasteiger partial charge in [-0.15, -0.1) is 0 Å². The predicted molar refractivity (Wildman–Crippen MR) is 362 cm³/mol. The summed E-state index contributed by atoms with van der Waals surface area (Å²) in [4.78, 5) is 4.92. The van der Waals surface area contributed by atoms with Gasteiger partial charge in [0.2, 0.25) is 0 Å². The van der Waals surface area contributed by atoms with Gasteiger partial charge in [0.1, 0.15) is 0 Å². The van der Waals surface area contributed by atoms with Gasteiger partial charge >= 0.3 is 6.18 Å². The highest BCUT2D eigenvalue weighted by atomic mass is 19.4. The fourth-order valence-corrected chi connectivity index (χ4v) is 13.8. The molecule has 3 heterocycles. The molecule has 2 aliphatic heterocycles. The maximum absolute atomic E-state index is 14.8. The van der Waals surface area contributed by atoms with Crippen LogP contribution >= 0.6 is 0 Å². The lowest BCUT2D eigenvalue weighted by molar-refractivity contribution is -0.137. The minimum absolute atomic E-state index is 0.0933. The fourth-order valence-electron chi connectivity index (χ4n) is 13.8. The number of alkyl halides is 3. The van der Waals surface area contributed by atoms with Crippen LogP contribution in [0, 0.1) is 22.7 Å². The molecular weight excluding hydrogens is 1110 g/mol. The SMILES string of the molecule is N#Cc1ccc(-c2cc(C(F)(F)F)ccc2-n2c3ccccc3c3cc(-c4cc5c6c(c4)N(c4cc(-c7ccccc7)cc(-c7ccccc7)c4)c4ccccc4B6c4ccccc4N5c4cc(-c5ccccc5)cc(-c5ccccc5)c4)ccc32)c(C#N)c1. The second kappa shape index (κ2) is 21.5. The number of para-hydroxylation sites is 3. The van der Waals surface area contributed by atoms with Gasteiger partial charge in [0.15, 0.2) is 0 Å². The van der Waals surface area contributed by atoms with Crippen LogP contribution in [0.5, 0.6) is 0 Å². The van der Waals surface area contributed by atoms with Crippen molar-refractivity contribution in [2.75, 3.05) is 9.80 Å². The molecular formula is C81H49BF3N5. The van der Waals surface area contributed by atoms with Gasteiger partial charge in [-0.2, -0.15) is 23.7 Å². The molecule has 0 amide bonds. The van der Waals surface area contributed by atoms with Crippen LogP contribution in [0.2, 0.25) is 0 Å². The van der Waals surface area contributed by atoms with Crippen LogP contribution < -0.4 is 26.2 Å².